The summed E-state index contributed by atoms with van der Waals surface area (Å²) in [6.07, 6.45) is 7.83. The lowest BCUT2D eigenvalue weighted by Gasteiger charge is -2.39. The first kappa shape index (κ1) is 16.0. The summed E-state index contributed by atoms with van der Waals surface area (Å²) in [5, 5.41) is 3.33. The highest BCUT2D eigenvalue weighted by Crippen LogP contribution is 2.35. The molecule has 2 saturated heterocycles. The van der Waals surface area contributed by atoms with Crippen LogP contribution in [-0.2, 0) is 4.74 Å². The van der Waals surface area contributed by atoms with Crippen LogP contribution in [0.4, 0.5) is 5.95 Å². The molecule has 0 saturated carbocycles. The minimum absolute atomic E-state index is 0.0222. The molecule has 7 nitrogen and oxygen atoms in total. The van der Waals surface area contributed by atoms with Gasteiger partial charge >= 0.3 is 0 Å². The number of anilines is 1. The van der Waals surface area contributed by atoms with E-state index in [1.54, 1.807) is 30.7 Å². The van der Waals surface area contributed by atoms with Crippen molar-refractivity contribution in [2.24, 2.45) is 0 Å². The monoisotopic (exact) mass is 339 g/mol. The van der Waals surface area contributed by atoms with E-state index in [4.69, 9.17) is 4.74 Å². The van der Waals surface area contributed by atoms with Crippen molar-refractivity contribution in [1.29, 1.82) is 0 Å². The van der Waals surface area contributed by atoms with Crippen molar-refractivity contribution in [1.82, 2.24) is 19.9 Å². The Hall–Kier alpha value is -2.54. The van der Waals surface area contributed by atoms with E-state index in [2.05, 4.69) is 20.3 Å². The summed E-state index contributed by atoms with van der Waals surface area (Å²) in [4.78, 5) is 27.1. The van der Waals surface area contributed by atoms with Crippen LogP contribution in [0.2, 0.25) is 0 Å². The van der Waals surface area contributed by atoms with Crippen LogP contribution in [0.15, 0.2) is 42.9 Å². The summed E-state index contributed by atoms with van der Waals surface area (Å²) in [6, 6.07) is 7.37. The number of pyridine rings is 1. The van der Waals surface area contributed by atoms with E-state index in [9.17, 15) is 4.79 Å². The minimum Gasteiger partial charge on any atom is -0.371 e. The number of carbonyl (C=O) groups is 1. The normalized spacial score (nSPS) is 25.9. The Morgan fingerprint density at radius 3 is 2.84 bits per heavy atom. The number of likely N-dealkylation sites (tertiary alicyclic amines) is 1. The van der Waals surface area contributed by atoms with Gasteiger partial charge in [0.1, 0.15) is 5.69 Å². The first-order valence-corrected chi connectivity index (χ1v) is 8.62. The highest BCUT2D eigenvalue weighted by atomic mass is 16.5. The van der Waals surface area contributed by atoms with E-state index in [-0.39, 0.29) is 17.6 Å². The van der Waals surface area contributed by atoms with E-state index < -0.39 is 0 Å². The zero-order valence-corrected chi connectivity index (χ0v) is 14.0. The highest BCUT2D eigenvalue weighted by molar-refractivity contribution is 5.92. The molecule has 7 heteroatoms. The zero-order chi connectivity index (χ0) is 17.1. The molecule has 0 aliphatic carbocycles. The summed E-state index contributed by atoms with van der Waals surface area (Å²) in [7, 11) is 0. The zero-order valence-electron chi connectivity index (χ0n) is 14.0. The van der Waals surface area contributed by atoms with Gasteiger partial charge in [-0.3, -0.25) is 9.78 Å². The average Bonchev–Trinajstić information content (AvgIpc) is 3.04. The Balaban J connectivity index is 1.42. The third kappa shape index (κ3) is 3.46. The second-order valence-corrected chi connectivity index (χ2v) is 6.66. The number of piperidine rings is 1. The van der Waals surface area contributed by atoms with Crippen LogP contribution in [0.5, 0.6) is 0 Å². The van der Waals surface area contributed by atoms with Crippen LogP contribution >= 0.6 is 0 Å². The van der Waals surface area contributed by atoms with Gasteiger partial charge < -0.3 is 15.0 Å². The molecule has 1 amide bonds. The summed E-state index contributed by atoms with van der Waals surface area (Å²) < 4.78 is 6.15. The second kappa shape index (κ2) is 6.76. The van der Waals surface area contributed by atoms with Gasteiger partial charge in [-0.2, -0.15) is 0 Å². The molecule has 4 rings (SSSR count). The molecule has 1 spiro atoms. The molecule has 4 heterocycles. The van der Waals surface area contributed by atoms with Crippen LogP contribution < -0.4 is 5.32 Å². The Bertz CT molecular complexity index is 727. The van der Waals surface area contributed by atoms with E-state index in [0.717, 1.165) is 25.8 Å². The molecule has 1 N–H and O–H groups in total. The lowest BCUT2D eigenvalue weighted by atomic mass is 9.88. The number of ether oxygens (including phenoxy) is 1. The number of nitrogens with one attached hydrogen (secondary N) is 1. The van der Waals surface area contributed by atoms with Gasteiger partial charge in [-0.15, -0.1) is 0 Å². The third-order valence-electron chi connectivity index (χ3n) is 4.82. The van der Waals surface area contributed by atoms with E-state index in [1.165, 1.54) is 0 Å². The largest absolute Gasteiger partial charge is 0.371 e. The fourth-order valence-corrected chi connectivity index (χ4v) is 3.70. The molecule has 130 valence electrons. The molecule has 2 atom stereocenters. The first-order chi connectivity index (χ1) is 12.2. The number of amides is 1. The molecule has 0 bridgehead atoms. The first-order valence-electron chi connectivity index (χ1n) is 8.62. The van der Waals surface area contributed by atoms with Gasteiger partial charge in [-0.1, -0.05) is 6.07 Å². The molecule has 0 aromatic carbocycles. The third-order valence-corrected chi connectivity index (χ3v) is 4.82. The van der Waals surface area contributed by atoms with Gasteiger partial charge in [0.25, 0.3) is 5.91 Å². The lowest BCUT2D eigenvalue weighted by Crippen LogP contribution is -2.50. The fourth-order valence-electron chi connectivity index (χ4n) is 3.70. The molecule has 25 heavy (non-hydrogen) atoms. The topological polar surface area (TPSA) is 80.2 Å². The lowest BCUT2D eigenvalue weighted by molar-refractivity contribution is -0.0448. The van der Waals surface area contributed by atoms with Crippen molar-refractivity contribution >= 4 is 11.9 Å². The van der Waals surface area contributed by atoms with Crippen molar-refractivity contribution in [2.45, 2.75) is 30.9 Å². The van der Waals surface area contributed by atoms with Crippen molar-refractivity contribution in [3.05, 3.63) is 48.5 Å². The highest BCUT2D eigenvalue weighted by Gasteiger charge is 2.44. The quantitative estimate of drug-likeness (QED) is 0.918. The van der Waals surface area contributed by atoms with Gasteiger partial charge in [0.15, 0.2) is 0 Å². The standard InChI is InChI=1S/C18H21N5O2/c24-16(15-5-1-2-7-19-15)23-10-3-6-18(13-23)11-14(12-25-18)22-17-20-8-4-9-21-17/h1-2,4-5,7-9,14H,3,6,10-13H2,(H,20,21,22)/t14-,18+/m1/s1. The number of carbonyl (C=O) groups excluding carboxylic acids is 1. The predicted molar refractivity (Wildman–Crippen MR) is 92.1 cm³/mol. The number of hydrogen-bond donors (Lipinski definition) is 1. The van der Waals surface area contributed by atoms with Crippen molar-refractivity contribution < 1.29 is 9.53 Å². The molecule has 2 aromatic heterocycles. The van der Waals surface area contributed by atoms with Crippen LogP contribution in [0.25, 0.3) is 0 Å². The molecular weight excluding hydrogens is 318 g/mol. The molecule has 0 radical (unpaired) electrons. The SMILES string of the molecule is O=C(c1ccccn1)N1CCC[C@]2(C[C@@H](Nc3ncccn3)CO2)C1. The van der Waals surface area contributed by atoms with Crippen molar-refractivity contribution in [3.8, 4) is 0 Å². The predicted octanol–water partition coefficient (Wildman–Crippen LogP) is 1.75. The molecule has 2 aromatic rings. The second-order valence-electron chi connectivity index (χ2n) is 6.66. The fraction of sp³-hybridized carbons (Fsp3) is 0.444. The van der Waals surface area contributed by atoms with Crippen LogP contribution in [0, 0.1) is 0 Å². The minimum atomic E-state index is -0.283. The maximum atomic E-state index is 12.7. The van der Waals surface area contributed by atoms with Gasteiger partial charge in [0.2, 0.25) is 5.95 Å². The Labute approximate surface area is 146 Å². The van der Waals surface area contributed by atoms with E-state index >= 15 is 0 Å². The van der Waals surface area contributed by atoms with Gasteiger partial charge in [-0.05, 0) is 31.0 Å². The van der Waals surface area contributed by atoms with Crippen LogP contribution in [-0.4, -0.2) is 57.1 Å². The molecule has 2 fully saturated rings. The number of rotatable bonds is 3. The summed E-state index contributed by atoms with van der Waals surface area (Å²) in [5.41, 5.74) is 0.208. The van der Waals surface area contributed by atoms with E-state index in [1.807, 2.05) is 17.0 Å². The van der Waals surface area contributed by atoms with Gasteiger partial charge in [-0.25, -0.2) is 9.97 Å². The summed E-state index contributed by atoms with van der Waals surface area (Å²) in [6.45, 7) is 1.96. The van der Waals surface area contributed by atoms with E-state index in [0.29, 0.717) is 24.8 Å². The molecule has 0 unspecified atom stereocenters. The number of aromatic nitrogens is 3. The summed E-state index contributed by atoms with van der Waals surface area (Å²) >= 11 is 0. The van der Waals surface area contributed by atoms with Crippen molar-refractivity contribution in [3.63, 3.8) is 0 Å². The Morgan fingerprint density at radius 1 is 1.20 bits per heavy atom. The maximum Gasteiger partial charge on any atom is 0.272 e. The number of hydrogen-bond acceptors (Lipinski definition) is 6. The van der Waals surface area contributed by atoms with Crippen LogP contribution in [0.3, 0.4) is 0 Å². The maximum absolute atomic E-state index is 12.7. The van der Waals surface area contributed by atoms with Gasteiger partial charge in [0.05, 0.1) is 24.8 Å². The van der Waals surface area contributed by atoms with Crippen LogP contribution in [0.1, 0.15) is 29.8 Å². The molecule has 2 aliphatic heterocycles. The number of nitrogens with zero attached hydrogens (tertiary/aromatic N) is 4. The smallest absolute Gasteiger partial charge is 0.272 e. The summed E-state index contributed by atoms with van der Waals surface area (Å²) in [5.74, 6) is 0.594. The van der Waals surface area contributed by atoms with Crippen molar-refractivity contribution in [2.75, 3.05) is 25.0 Å². The molecule has 2 aliphatic rings. The molecular formula is C18H21N5O2. The average molecular weight is 339 g/mol. The van der Waals surface area contributed by atoms with Gasteiger partial charge in [0, 0.05) is 31.6 Å². The Kier molecular flexibility index (Phi) is 4.31. The Morgan fingerprint density at radius 2 is 2.04 bits per heavy atom.